The second-order valence-electron chi connectivity index (χ2n) is 13.5. The Kier molecular flexibility index (Phi) is 9.26. The summed E-state index contributed by atoms with van der Waals surface area (Å²) < 4.78 is 35.7. The fourth-order valence-electron chi connectivity index (χ4n) is 7.40. The van der Waals surface area contributed by atoms with E-state index in [0.717, 1.165) is 43.5 Å². The van der Waals surface area contributed by atoms with E-state index < -0.39 is 21.5 Å². The van der Waals surface area contributed by atoms with Crippen molar-refractivity contribution in [1.29, 1.82) is 0 Å². The van der Waals surface area contributed by atoms with Gasteiger partial charge in [0.25, 0.3) is 0 Å². The van der Waals surface area contributed by atoms with Crippen LogP contribution in [0, 0.1) is 0 Å². The number of rotatable bonds is 10. The summed E-state index contributed by atoms with van der Waals surface area (Å²) in [5.74, 6) is 0. The van der Waals surface area contributed by atoms with Gasteiger partial charge in [0.15, 0.2) is 5.72 Å². The Balaban J connectivity index is 1.45. The van der Waals surface area contributed by atoms with Crippen LogP contribution in [0.1, 0.15) is 84.8 Å². The highest BCUT2D eigenvalue weighted by molar-refractivity contribution is 7.80. The minimum absolute atomic E-state index is 0.0833. The lowest BCUT2D eigenvalue weighted by atomic mass is 9.77. The van der Waals surface area contributed by atoms with Crippen molar-refractivity contribution < 1.29 is 22.3 Å². The maximum atomic E-state index is 12.4. The Morgan fingerprint density at radius 1 is 0.933 bits per heavy atom. The van der Waals surface area contributed by atoms with E-state index in [2.05, 4.69) is 79.3 Å². The molecule has 5 rings (SSSR count). The topological polar surface area (TPSA) is 90.3 Å². The molecule has 0 radical (unpaired) electrons. The summed E-state index contributed by atoms with van der Waals surface area (Å²) in [6.07, 6.45) is 13.0. The van der Waals surface area contributed by atoms with Gasteiger partial charge < -0.3 is 14.9 Å². The van der Waals surface area contributed by atoms with E-state index >= 15 is 0 Å². The second kappa shape index (κ2) is 12.6. The molecule has 8 heteroatoms. The molecule has 0 saturated carbocycles. The summed E-state index contributed by atoms with van der Waals surface area (Å²) in [6, 6.07) is 16.7. The summed E-state index contributed by atoms with van der Waals surface area (Å²) in [5, 5.41) is 12.4. The second-order valence-corrected chi connectivity index (χ2v) is 14.6. The molecule has 1 atom stereocenters. The Hall–Kier alpha value is -3.17. The Bertz CT molecular complexity index is 1670. The van der Waals surface area contributed by atoms with Gasteiger partial charge in [0.05, 0.1) is 6.61 Å². The van der Waals surface area contributed by atoms with E-state index in [-0.39, 0.29) is 12.0 Å². The van der Waals surface area contributed by atoms with Gasteiger partial charge in [-0.05, 0) is 91.2 Å². The van der Waals surface area contributed by atoms with Crippen LogP contribution in [0.25, 0.3) is 0 Å². The molecule has 0 aromatic heterocycles. The normalized spacial score (nSPS) is 24.3. The van der Waals surface area contributed by atoms with Crippen molar-refractivity contribution in [2.45, 2.75) is 90.2 Å². The van der Waals surface area contributed by atoms with Crippen LogP contribution in [0.2, 0.25) is 0 Å². The number of benzene rings is 2. The van der Waals surface area contributed by atoms with Crippen LogP contribution in [0.15, 0.2) is 95.3 Å². The van der Waals surface area contributed by atoms with Crippen LogP contribution in [0.5, 0.6) is 0 Å². The monoisotopic (exact) mass is 632 g/mol. The van der Waals surface area contributed by atoms with Gasteiger partial charge in [-0.2, -0.15) is 8.42 Å². The number of nitrogens with zero attached hydrogens (tertiary/aromatic N) is 2. The van der Waals surface area contributed by atoms with Crippen molar-refractivity contribution in [3.8, 4) is 0 Å². The van der Waals surface area contributed by atoms with E-state index in [0.29, 0.717) is 13.0 Å². The zero-order valence-electron chi connectivity index (χ0n) is 27.5. The van der Waals surface area contributed by atoms with E-state index in [1.807, 2.05) is 49.1 Å². The first-order valence-corrected chi connectivity index (χ1v) is 17.5. The van der Waals surface area contributed by atoms with Crippen LogP contribution in [0.4, 0.5) is 11.4 Å². The first kappa shape index (κ1) is 33.2. The van der Waals surface area contributed by atoms with Crippen molar-refractivity contribution in [2.24, 2.45) is 0 Å². The average Bonchev–Trinajstić information content (AvgIpc) is 3.30. The Morgan fingerprint density at radius 3 is 2.29 bits per heavy atom. The minimum Gasteiger partial charge on any atom is -0.366 e. The number of hydrogen-bond donors (Lipinski definition) is 2. The lowest BCUT2D eigenvalue weighted by molar-refractivity contribution is 0.0288. The van der Waals surface area contributed by atoms with Gasteiger partial charge in [0.1, 0.15) is 0 Å². The van der Waals surface area contributed by atoms with Gasteiger partial charge in [-0.15, -0.1) is 0 Å². The molecular weight excluding hydrogens is 584 g/mol. The highest BCUT2D eigenvalue weighted by Crippen LogP contribution is 2.52. The molecule has 242 valence electrons. The van der Waals surface area contributed by atoms with Crippen molar-refractivity contribution in [3.05, 3.63) is 106 Å². The third-order valence-electron chi connectivity index (χ3n) is 10.0. The van der Waals surface area contributed by atoms with Crippen LogP contribution in [0.3, 0.4) is 0 Å². The molecule has 0 saturated heterocycles. The summed E-state index contributed by atoms with van der Waals surface area (Å²) in [7, 11) is -4.52. The highest BCUT2D eigenvalue weighted by Gasteiger charge is 2.54. The van der Waals surface area contributed by atoms with Crippen molar-refractivity contribution in [1.82, 2.24) is 0 Å². The lowest BCUT2D eigenvalue weighted by Gasteiger charge is -2.41. The van der Waals surface area contributed by atoms with E-state index in [1.165, 1.54) is 33.7 Å². The number of fused-ring (bicyclic) bond motifs is 2. The molecule has 2 N–H and O–H groups in total. The summed E-state index contributed by atoms with van der Waals surface area (Å²) in [6.45, 7) is 14.3. The third kappa shape index (κ3) is 6.18. The molecule has 2 heterocycles. The zero-order valence-corrected chi connectivity index (χ0v) is 28.3. The SMILES string of the molecule is CCCN1/C(=C/C=C2\CCCC(/C=C/C3(O)N(CCCOS(=O)(=O)O)c4ccccc4C3(C)C)=C2C)C(C)(C)c2ccccc21. The van der Waals surface area contributed by atoms with Gasteiger partial charge in [0, 0.05) is 41.0 Å². The van der Waals surface area contributed by atoms with Crippen molar-refractivity contribution >= 4 is 21.8 Å². The number of anilines is 2. The molecule has 3 aliphatic rings. The average molecular weight is 633 g/mol. The predicted octanol–water partition coefficient (Wildman–Crippen LogP) is 7.76. The van der Waals surface area contributed by atoms with Gasteiger partial charge >= 0.3 is 10.4 Å². The fourth-order valence-corrected chi connectivity index (χ4v) is 7.73. The summed E-state index contributed by atoms with van der Waals surface area (Å²) in [5.41, 5.74) is 7.61. The molecule has 2 aromatic carbocycles. The lowest BCUT2D eigenvalue weighted by Crippen LogP contribution is -2.54. The molecule has 7 nitrogen and oxygen atoms in total. The molecule has 1 unspecified atom stereocenters. The molecule has 2 aromatic rings. The molecule has 2 aliphatic heterocycles. The zero-order chi connectivity index (χ0) is 32.6. The van der Waals surface area contributed by atoms with Gasteiger partial charge in [-0.25, -0.2) is 4.18 Å². The maximum Gasteiger partial charge on any atom is 0.397 e. The largest absolute Gasteiger partial charge is 0.397 e. The van der Waals surface area contributed by atoms with Crippen molar-refractivity contribution in [2.75, 3.05) is 29.5 Å². The van der Waals surface area contributed by atoms with Crippen LogP contribution in [-0.4, -0.2) is 43.5 Å². The number of para-hydroxylation sites is 2. The molecule has 45 heavy (non-hydrogen) atoms. The first-order valence-electron chi connectivity index (χ1n) is 16.1. The summed E-state index contributed by atoms with van der Waals surface area (Å²) >= 11 is 0. The molecule has 0 fully saturated rings. The Labute approximate surface area is 269 Å². The van der Waals surface area contributed by atoms with Gasteiger partial charge in [0.2, 0.25) is 0 Å². The minimum atomic E-state index is -4.52. The van der Waals surface area contributed by atoms with Gasteiger partial charge in [-0.1, -0.05) is 83.2 Å². The van der Waals surface area contributed by atoms with E-state index in [1.54, 1.807) is 0 Å². The molecular formula is C37H48N2O5S. The maximum absolute atomic E-state index is 12.4. The predicted molar refractivity (Wildman–Crippen MR) is 183 cm³/mol. The van der Waals surface area contributed by atoms with E-state index in [4.69, 9.17) is 4.55 Å². The van der Waals surface area contributed by atoms with E-state index in [9.17, 15) is 13.5 Å². The smallest absolute Gasteiger partial charge is 0.366 e. The number of allylic oxidation sites excluding steroid dienone is 7. The highest BCUT2D eigenvalue weighted by atomic mass is 32.3. The first-order chi connectivity index (χ1) is 21.2. The quantitative estimate of drug-likeness (QED) is 0.204. The van der Waals surface area contributed by atoms with Crippen LogP contribution < -0.4 is 9.80 Å². The fraction of sp³-hybridized carbons (Fsp3) is 0.459. The molecule has 0 spiro atoms. The third-order valence-corrected chi connectivity index (χ3v) is 10.5. The number of aliphatic hydroxyl groups is 1. The molecule has 1 aliphatic carbocycles. The van der Waals surface area contributed by atoms with Crippen molar-refractivity contribution in [3.63, 3.8) is 0 Å². The van der Waals surface area contributed by atoms with Crippen LogP contribution >= 0.6 is 0 Å². The number of hydrogen-bond acceptors (Lipinski definition) is 6. The molecule has 0 amide bonds. The Morgan fingerprint density at radius 2 is 1.60 bits per heavy atom. The van der Waals surface area contributed by atoms with Crippen LogP contribution in [-0.2, 0) is 25.4 Å². The standard InChI is InChI=1S/C37H48N2O5S/c1-7-24-38-32-18-10-8-16-30(32)35(3,4)34(38)21-20-28-14-12-15-29(27(28)2)22-23-37(40)36(5,6)31-17-9-11-19-33(31)39(37)25-13-26-44-45(41,42)43/h8-11,16-23,40H,7,12-15,24-26H2,1-6H3,(H,41,42,43)/b23-22+,28-20+,34-21+. The summed E-state index contributed by atoms with van der Waals surface area (Å²) in [4.78, 5) is 4.40. The molecule has 0 bridgehead atoms. The van der Waals surface area contributed by atoms with Gasteiger partial charge in [-0.3, -0.25) is 4.55 Å².